The van der Waals surface area contributed by atoms with Gasteiger partial charge in [0.15, 0.2) is 0 Å². The van der Waals surface area contributed by atoms with E-state index < -0.39 is 22.0 Å². The first kappa shape index (κ1) is 20.3. The van der Waals surface area contributed by atoms with Gasteiger partial charge in [-0.1, -0.05) is 30.3 Å². The Hall–Kier alpha value is -2.42. The lowest BCUT2D eigenvalue weighted by Crippen LogP contribution is -2.58. The van der Waals surface area contributed by atoms with Gasteiger partial charge in [-0.3, -0.25) is 9.69 Å². The third-order valence-corrected chi connectivity index (χ3v) is 6.73. The summed E-state index contributed by atoms with van der Waals surface area (Å²) < 4.78 is 37.5. The van der Waals surface area contributed by atoms with Crippen LogP contribution in [-0.2, 0) is 26.1 Å². The van der Waals surface area contributed by atoms with Crippen LogP contribution in [0.4, 0.5) is 0 Å². The van der Waals surface area contributed by atoms with Crippen molar-refractivity contribution in [2.75, 3.05) is 33.9 Å². The summed E-state index contributed by atoms with van der Waals surface area (Å²) in [6, 6.07) is 15.1. The van der Waals surface area contributed by atoms with Crippen LogP contribution in [0.5, 0.6) is 5.75 Å². The molecule has 0 amide bonds. The lowest BCUT2D eigenvalue weighted by molar-refractivity contribution is -0.147. The van der Waals surface area contributed by atoms with Gasteiger partial charge < -0.3 is 9.47 Å². The van der Waals surface area contributed by atoms with Crippen molar-refractivity contribution in [2.45, 2.75) is 17.5 Å². The Morgan fingerprint density at radius 3 is 2.32 bits per heavy atom. The number of carbonyl (C=O) groups excluding carboxylic acids is 1. The summed E-state index contributed by atoms with van der Waals surface area (Å²) in [5.41, 5.74) is 1.11. The van der Waals surface area contributed by atoms with E-state index in [1.54, 1.807) is 12.1 Å². The van der Waals surface area contributed by atoms with E-state index in [0.717, 1.165) is 5.56 Å². The molecule has 0 N–H and O–H groups in total. The maximum Gasteiger partial charge on any atom is 0.325 e. The number of methoxy groups -OCH3 is 2. The monoisotopic (exact) mass is 404 g/mol. The number of hydrogen-bond acceptors (Lipinski definition) is 6. The highest BCUT2D eigenvalue weighted by atomic mass is 32.2. The summed E-state index contributed by atoms with van der Waals surface area (Å²) in [7, 11) is -1.05. The first-order valence-corrected chi connectivity index (χ1v) is 10.4. The molecule has 0 saturated carbocycles. The Morgan fingerprint density at radius 1 is 1.04 bits per heavy atom. The van der Waals surface area contributed by atoms with Crippen LogP contribution in [0.15, 0.2) is 59.5 Å². The molecular weight excluding hydrogens is 380 g/mol. The molecule has 1 aliphatic heterocycles. The summed E-state index contributed by atoms with van der Waals surface area (Å²) in [5.74, 6) is 0.00555. The van der Waals surface area contributed by atoms with E-state index in [1.807, 2.05) is 30.3 Å². The second-order valence-electron chi connectivity index (χ2n) is 6.55. The minimum atomic E-state index is -3.84. The van der Waals surface area contributed by atoms with Gasteiger partial charge in [-0.2, -0.15) is 4.31 Å². The molecule has 1 aliphatic rings. The zero-order chi connectivity index (χ0) is 20.1. The molecule has 1 saturated heterocycles. The van der Waals surface area contributed by atoms with Crippen LogP contribution in [0.3, 0.4) is 0 Å². The molecule has 1 atom stereocenters. The SMILES string of the molecule is COC(=O)C1CN(Cc2ccccc2)CCN1S(=O)(=O)c1ccc(OC)cc1. The maximum atomic E-state index is 13.1. The molecule has 0 aromatic heterocycles. The van der Waals surface area contributed by atoms with Crippen molar-refractivity contribution in [3.05, 3.63) is 60.2 Å². The quantitative estimate of drug-likeness (QED) is 0.683. The van der Waals surface area contributed by atoms with Crippen LogP contribution in [0.1, 0.15) is 5.56 Å². The largest absolute Gasteiger partial charge is 0.497 e. The lowest BCUT2D eigenvalue weighted by atomic mass is 10.1. The van der Waals surface area contributed by atoms with E-state index in [9.17, 15) is 13.2 Å². The molecular formula is C20H24N2O5S. The summed E-state index contributed by atoms with van der Waals surface area (Å²) in [5, 5.41) is 0. The minimum Gasteiger partial charge on any atom is -0.497 e. The van der Waals surface area contributed by atoms with Crippen molar-refractivity contribution in [3.63, 3.8) is 0 Å². The van der Waals surface area contributed by atoms with Crippen LogP contribution in [0.25, 0.3) is 0 Å². The van der Waals surface area contributed by atoms with Crippen molar-refractivity contribution in [1.82, 2.24) is 9.21 Å². The summed E-state index contributed by atoms with van der Waals surface area (Å²) >= 11 is 0. The van der Waals surface area contributed by atoms with Gasteiger partial charge in [-0.05, 0) is 29.8 Å². The fraction of sp³-hybridized carbons (Fsp3) is 0.350. The first-order chi connectivity index (χ1) is 13.5. The molecule has 7 nitrogen and oxygen atoms in total. The number of ether oxygens (including phenoxy) is 2. The van der Waals surface area contributed by atoms with E-state index in [1.165, 1.54) is 30.7 Å². The second-order valence-corrected chi connectivity index (χ2v) is 8.44. The number of nitrogens with zero attached hydrogens (tertiary/aromatic N) is 2. The van der Waals surface area contributed by atoms with Crippen molar-refractivity contribution in [2.24, 2.45) is 0 Å². The van der Waals surface area contributed by atoms with Crippen molar-refractivity contribution in [1.29, 1.82) is 0 Å². The Bertz CT molecular complexity index is 900. The smallest absolute Gasteiger partial charge is 0.325 e. The fourth-order valence-corrected chi connectivity index (χ4v) is 4.87. The maximum absolute atomic E-state index is 13.1. The van der Waals surface area contributed by atoms with Crippen LogP contribution in [0, 0.1) is 0 Å². The van der Waals surface area contributed by atoms with Crippen LogP contribution in [-0.4, -0.2) is 63.5 Å². The molecule has 0 aliphatic carbocycles. The zero-order valence-electron chi connectivity index (χ0n) is 15.9. The highest BCUT2D eigenvalue weighted by Crippen LogP contribution is 2.24. The predicted molar refractivity (Wildman–Crippen MR) is 104 cm³/mol. The van der Waals surface area contributed by atoms with Gasteiger partial charge >= 0.3 is 5.97 Å². The van der Waals surface area contributed by atoms with Crippen molar-refractivity contribution < 1.29 is 22.7 Å². The van der Waals surface area contributed by atoms with Gasteiger partial charge in [-0.15, -0.1) is 0 Å². The molecule has 0 radical (unpaired) electrons. The van der Waals surface area contributed by atoms with Gasteiger partial charge in [0, 0.05) is 26.2 Å². The standard InChI is InChI=1S/C20H24N2O5S/c1-26-17-8-10-18(11-9-17)28(24,25)22-13-12-21(15-19(22)20(23)27-2)14-16-6-4-3-5-7-16/h3-11,19H,12-15H2,1-2H3. The number of sulfonamides is 1. The molecule has 28 heavy (non-hydrogen) atoms. The number of rotatable bonds is 6. The van der Waals surface area contributed by atoms with E-state index >= 15 is 0 Å². The molecule has 2 aromatic carbocycles. The topological polar surface area (TPSA) is 76.2 Å². The molecule has 8 heteroatoms. The molecule has 1 unspecified atom stereocenters. The Labute approximate surface area is 165 Å². The molecule has 3 rings (SSSR count). The van der Waals surface area contributed by atoms with E-state index in [-0.39, 0.29) is 18.0 Å². The third kappa shape index (κ3) is 4.35. The van der Waals surface area contributed by atoms with E-state index in [0.29, 0.717) is 18.8 Å². The van der Waals surface area contributed by atoms with Gasteiger partial charge in [0.2, 0.25) is 10.0 Å². The number of hydrogen-bond donors (Lipinski definition) is 0. The predicted octanol–water partition coefficient (Wildman–Crippen LogP) is 1.74. The summed E-state index contributed by atoms with van der Waals surface area (Å²) in [6.07, 6.45) is 0. The van der Waals surface area contributed by atoms with Crippen molar-refractivity contribution >= 4 is 16.0 Å². The van der Waals surface area contributed by atoms with E-state index in [4.69, 9.17) is 9.47 Å². The van der Waals surface area contributed by atoms with Gasteiger partial charge in [-0.25, -0.2) is 8.42 Å². The van der Waals surface area contributed by atoms with Crippen LogP contribution < -0.4 is 4.74 Å². The van der Waals surface area contributed by atoms with Crippen molar-refractivity contribution in [3.8, 4) is 5.75 Å². The molecule has 1 fully saturated rings. The molecule has 2 aromatic rings. The molecule has 1 heterocycles. The highest BCUT2D eigenvalue weighted by molar-refractivity contribution is 7.89. The Balaban J connectivity index is 1.82. The number of esters is 1. The van der Waals surface area contributed by atoms with E-state index in [2.05, 4.69) is 4.90 Å². The number of benzene rings is 2. The van der Waals surface area contributed by atoms with Crippen LogP contribution in [0.2, 0.25) is 0 Å². The van der Waals surface area contributed by atoms with Gasteiger partial charge in [0.05, 0.1) is 19.1 Å². The lowest BCUT2D eigenvalue weighted by Gasteiger charge is -2.39. The third-order valence-electron chi connectivity index (χ3n) is 4.80. The molecule has 0 bridgehead atoms. The average Bonchev–Trinajstić information content (AvgIpc) is 2.73. The summed E-state index contributed by atoms with van der Waals surface area (Å²) in [6.45, 7) is 1.65. The van der Waals surface area contributed by atoms with Crippen LogP contribution >= 0.6 is 0 Å². The molecule has 0 spiro atoms. The first-order valence-electron chi connectivity index (χ1n) is 8.95. The average molecular weight is 404 g/mol. The normalized spacial score (nSPS) is 18.6. The number of piperazine rings is 1. The fourth-order valence-electron chi connectivity index (χ4n) is 3.31. The Morgan fingerprint density at radius 2 is 1.71 bits per heavy atom. The highest BCUT2D eigenvalue weighted by Gasteiger charge is 2.40. The zero-order valence-corrected chi connectivity index (χ0v) is 16.8. The second kappa shape index (κ2) is 8.72. The Kier molecular flexibility index (Phi) is 6.33. The van der Waals surface area contributed by atoms with Gasteiger partial charge in [0.25, 0.3) is 0 Å². The molecule has 150 valence electrons. The minimum absolute atomic E-state index is 0.124. The van der Waals surface area contributed by atoms with Gasteiger partial charge in [0.1, 0.15) is 11.8 Å². The number of carbonyl (C=O) groups is 1. The summed E-state index contributed by atoms with van der Waals surface area (Å²) in [4.78, 5) is 14.6.